The number of piperazine rings is 1. The largest absolute Gasteiger partial charge is 0.481 e. The van der Waals surface area contributed by atoms with Crippen molar-refractivity contribution in [2.45, 2.75) is 46.1 Å². The SMILES string of the molecule is CC(C)CN1CCN(C(=O)NC(C)(C)CCC(=O)O)CC1. The molecule has 2 amide bonds. The summed E-state index contributed by atoms with van der Waals surface area (Å²) in [5, 5.41) is 11.7. The van der Waals surface area contributed by atoms with Gasteiger partial charge in [0.05, 0.1) is 0 Å². The molecule has 1 rings (SSSR count). The molecule has 0 bridgehead atoms. The number of rotatable bonds is 6. The molecule has 1 heterocycles. The van der Waals surface area contributed by atoms with Gasteiger partial charge in [-0.3, -0.25) is 9.69 Å². The second-order valence-electron chi connectivity index (χ2n) is 6.89. The number of hydrogen-bond donors (Lipinski definition) is 2. The third kappa shape index (κ3) is 6.80. The summed E-state index contributed by atoms with van der Waals surface area (Å²) < 4.78 is 0. The third-order valence-electron chi connectivity index (χ3n) is 3.69. The van der Waals surface area contributed by atoms with Crippen LogP contribution in [0.1, 0.15) is 40.5 Å². The fraction of sp³-hybridized carbons (Fsp3) is 0.867. The zero-order chi connectivity index (χ0) is 16.0. The minimum absolute atomic E-state index is 0.0649. The van der Waals surface area contributed by atoms with Crippen molar-refractivity contribution in [1.82, 2.24) is 15.1 Å². The van der Waals surface area contributed by atoms with E-state index in [0.717, 1.165) is 32.7 Å². The lowest BCUT2D eigenvalue weighted by Gasteiger charge is -2.37. The first-order valence-electron chi connectivity index (χ1n) is 7.71. The smallest absolute Gasteiger partial charge is 0.317 e. The quantitative estimate of drug-likeness (QED) is 0.781. The van der Waals surface area contributed by atoms with E-state index in [1.165, 1.54) is 0 Å². The number of carbonyl (C=O) groups excluding carboxylic acids is 1. The van der Waals surface area contributed by atoms with E-state index >= 15 is 0 Å². The van der Waals surface area contributed by atoms with Crippen molar-refractivity contribution in [1.29, 1.82) is 0 Å². The van der Waals surface area contributed by atoms with Crippen molar-refractivity contribution in [3.05, 3.63) is 0 Å². The molecular weight excluding hydrogens is 270 g/mol. The summed E-state index contributed by atoms with van der Waals surface area (Å²) >= 11 is 0. The van der Waals surface area contributed by atoms with E-state index in [9.17, 15) is 9.59 Å². The Morgan fingerprint density at radius 3 is 2.24 bits per heavy atom. The predicted molar refractivity (Wildman–Crippen MR) is 82.3 cm³/mol. The van der Waals surface area contributed by atoms with E-state index < -0.39 is 11.5 Å². The molecule has 2 N–H and O–H groups in total. The lowest BCUT2D eigenvalue weighted by Crippen LogP contribution is -2.56. The van der Waals surface area contributed by atoms with Crippen molar-refractivity contribution in [2.24, 2.45) is 5.92 Å². The molecule has 1 aliphatic heterocycles. The van der Waals surface area contributed by atoms with Crippen LogP contribution in [0.15, 0.2) is 0 Å². The molecule has 1 aliphatic rings. The maximum Gasteiger partial charge on any atom is 0.317 e. The maximum atomic E-state index is 12.2. The molecule has 21 heavy (non-hydrogen) atoms. The van der Waals surface area contributed by atoms with Crippen LogP contribution in [0.25, 0.3) is 0 Å². The molecule has 6 nitrogen and oxygen atoms in total. The van der Waals surface area contributed by atoms with Gasteiger partial charge >= 0.3 is 12.0 Å². The van der Waals surface area contributed by atoms with Crippen LogP contribution in [0.4, 0.5) is 4.79 Å². The van der Waals surface area contributed by atoms with E-state index in [0.29, 0.717) is 12.3 Å². The summed E-state index contributed by atoms with van der Waals surface area (Å²) in [6, 6.07) is -0.0883. The first kappa shape index (κ1) is 17.8. The topological polar surface area (TPSA) is 72.9 Å². The molecule has 6 heteroatoms. The Kier molecular flexibility index (Phi) is 6.45. The molecule has 0 spiro atoms. The van der Waals surface area contributed by atoms with Gasteiger partial charge in [-0.05, 0) is 26.2 Å². The number of hydrogen-bond acceptors (Lipinski definition) is 3. The highest BCUT2D eigenvalue weighted by molar-refractivity contribution is 5.75. The Bertz CT molecular complexity index is 361. The Labute approximate surface area is 127 Å². The maximum absolute atomic E-state index is 12.2. The summed E-state index contributed by atoms with van der Waals surface area (Å²) in [6.45, 7) is 12.5. The van der Waals surface area contributed by atoms with Crippen molar-refractivity contribution in [2.75, 3.05) is 32.7 Å². The molecule has 0 aromatic heterocycles. The number of carboxylic acids is 1. The molecule has 122 valence electrons. The van der Waals surface area contributed by atoms with Gasteiger partial charge < -0.3 is 15.3 Å². The fourth-order valence-electron chi connectivity index (χ4n) is 2.50. The van der Waals surface area contributed by atoms with Crippen LogP contribution in [-0.4, -0.2) is 65.2 Å². The summed E-state index contributed by atoms with van der Waals surface area (Å²) in [6.07, 6.45) is 0.497. The first-order chi connectivity index (χ1) is 9.69. The van der Waals surface area contributed by atoms with Gasteiger partial charge in [-0.15, -0.1) is 0 Å². The Morgan fingerprint density at radius 2 is 1.76 bits per heavy atom. The highest BCUT2D eigenvalue weighted by Crippen LogP contribution is 2.13. The highest BCUT2D eigenvalue weighted by Gasteiger charge is 2.26. The molecule has 0 radical (unpaired) electrons. The number of carboxylic acid groups (broad SMARTS) is 1. The van der Waals surface area contributed by atoms with Gasteiger partial charge in [-0.25, -0.2) is 4.79 Å². The van der Waals surface area contributed by atoms with Gasteiger partial charge in [0.1, 0.15) is 0 Å². The molecule has 0 saturated carbocycles. The van der Waals surface area contributed by atoms with Crippen molar-refractivity contribution in [3.8, 4) is 0 Å². The van der Waals surface area contributed by atoms with E-state index in [1.807, 2.05) is 18.7 Å². The number of urea groups is 1. The summed E-state index contributed by atoms with van der Waals surface area (Å²) in [5.74, 6) is -0.194. The normalized spacial score (nSPS) is 17.1. The zero-order valence-electron chi connectivity index (χ0n) is 13.7. The molecule has 1 fully saturated rings. The lowest BCUT2D eigenvalue weighted by molar-refractivity contribution is -0.137. The monoisotopic (exact) mass is 299 g/mol. The molecule has 0 aliphatic carbocycles. The van der Waals surface area contributed by atoms with Crippen LogP contribution < -0.4 is 5.32 Å². The van der Waals surface area contributed by atoms with Crippen LogP contribution in [0.5, 0.6) is 0 Å². The second-order valence-corrected chi connectivity index (χ2v) is 6.89. The third-order valence-corrected chi connectivity index (χ3v) is 3.69. The fourth-order valence-corrected chi connectivity index (χ4v) is 2.50. The van der Waals surface area contributed by atoms with Crippen LogP contribution in [0.3, 0.4) is 0 Å². The Hall–Kier alpha value is -1.30. The van der Waals surface area contributed by atoms with Crippen LogP contribution >= 0.6 is 0 Å². The van der Waals surface area contributed by atoms with Gasteiger partial charge in [0.25, 0.3) is 0 Å². The average Bonchev–Trinajstić information content (AvgIpc) is 2.36. The predicted octanol–water partition coefficient (Wildman–Crippen LogP) is 1.61. The lowest BCUT2D eigenvalue weighted by atomic mass is 9.99. The average molecular weight is 299 g/mol. The number of nitrogens with zero attached hydrogens (tertiary/aromatic N) is 2. The second kappa shape index (κ2) is 7.64. The summed E-state index contributed by atoms with van der Waals surface area (Å²) in [5.41, 5.74) is -0.495. The van der Waals surface area contributed by atoms with E-state index in [4.69, 9.17) is 5.11 Å². The first-order valence-corrected chi connectivity index (χ1v) is 7.71. The molecule has 0 unspecified atom stereocenters. The highest BCUT2D eigenvalue weighted by atomic mass is 16.4. The van der Waals surface area contributed by atoms with Crippen LogP contribution in [-0.2, 0) is 4.79 Å². The minimum atomic E-state index is -0.834. The van der Waals surface area contributed by atoms with Crippen molar-refractivity contribution >= 4 is 12.0 Å². The van der Waals surface area contributed by atoms with E-state index in [1.54, 1.807) is 0 Å². The minimum Gasteiger partial charge on any atom is -0.481 e. The van der Waals surface area contributed by atoms with Gasteiger partial charge in [0, 0.05) is 44.7 Å². The summed E-state index contributed by atoms with van der Waals surface area (Å²) in [7, 11) is 0. The van der Waals surface area contributed by atoms with Crippen LogP contribution in [0, 0.1) is 5.92 Å². The standard InChI is InChI=1S/C15H29N3O3/c1-12(2)11-17-7-9-18(10-8-17)14(21)16-15(3,4)6-5-13(19)20/h12H,5-11H2,1-4H3,(H,16,21)(H,19,20). The van der Waals surface area contributed by atoms with Crippen molar-refractivity contribution < 1.29 is 14.7 Å². The molecule has 0 atom stereocenters. The Morgan fingerprint density at radius 1 is 1.19 bits per heavy atom. The number of nitrogens with one attached hydrogen (secondary N) is 1. The van der Waals surface area contributed by atoms with Gasteiger partial charge in [0.2, 0.25) is 0 Å². The van der Waals surface area contributed by atoms with Gasteiger partial charge in [0.15, 0.2) is 0 Å². The summed E-state index contributed by atoms with van der Waals surface area (Å²) in [4.78, 5) is 27.1. The molecule has 0 aromatic carbocycles. The molecule has 0 aromatic rings. The molecule has 1 saturated heterocycles. The molecular formula is C15H29N3O3. The van der Waals surface area contributed by atoms with Gasteiger partial charge in [-0.2, -0.15) is 0 Å². The number of carbonyl (C=O) groups is 2. The van der Waals surface area contributed by atoms with Crippen molar-refractivity contribution in [3.63, 3.8) is 0 Å². The van der Waals surface area contributed by atoms with Gasteiger partial charge in [-0.1, -0.05) is 13.8 Å². The zero-order valence-corrected chi connectivity index (χ0v) is 13.7. The van der Waals surface area contributed by atoms with E-state index in [2.05, 4.69) is 24.1 Å². The van der Waals surface area contributed by atoms with E-state index in [-0.39, 0.29) is 12.5 Å². The Balaban J connectivity index is 2.38. The number of amides is 2. The van der Waals surface area contributed by atoms with Crippen LogP contribution in [0.2, 0.25) is 0 Å². The number of aliphatic carboxylic acids is 1.